The van der Waals surface area contributed by atoms with Gasteiger partial charge in [-0.15, -0.1) is 11.3 Å². The van der Waals surface area contributed by atoms with Gasteiger partial charge >= 0.3 is 16.3 Å². The summed E-state index contributed by atoms with van der Waals surface area (Å²) in [6.45, 7) is -0.904. The number of β-lactam (4-membered cyclic amide) rings is 1. The van der Waals surface area contributed by atoms with Gasteiger partial charge in [-0.3, -0.25) is 18.9 Å². The van der Waals surface area contributed by atoms with Crippen LogP contribution in [0.3, 0.4) is 0 Å². The third-order valence-corrected chi connectivity index (χ3v) is 4.78. The quantitative estimate of drug-likeness (QED) is 0.116. The van der Waals surface area contributed by atoms with Crippen molar-refractivity contribution < 1.29 is 42.1 Å². The smallest absolute Gasteiger partial charge is 0.363 e. The first-order valence-electron chi connectivity index (χ1n) is 6.97. The molecule has 0 aliphatic carbocycles. The number of nitrogens with one attached hydrogen (secondary N) is 1. The second-order valence-corrected chi connectivity index (χ2v) is 7.27. The summed E-state index contributed by atoms with van der Waals surface area (Å²) in [5.41, 5.74) is 9.72. The van der Waals surface area contributed by atoms with Gasteiger partial charge in [-0.05, 0) is 0 Å². The molecule has 2 rings (SSSR count). The Kier molecular flexibility index (Phi) is 5.81. The van der Waals surface area contributed by atoms with Crippen LogP contribution in [0.4, 0.5) is 5.13 Å². The maximum absolute atomic E-state index is 12.4. The fraction of sp³-hybridized carbons (Fsp3) is 0.273. The van der Waals surface area contributed by atoms with Gasteiger partial charge in [0.15, 0.2) is 16.9 Å². The third kappa shape index (κ3) is 4.32. The molecule has 1 aromatic heterocycles. The molecule has 1 aromatic rings. The predicted octanol–water partition coefficient (Wildman–Crippen LogP) is -3.49. The second kappa shape index (κ2) is 7.74. The van der Waals surface area contributed by atoms with E-state index in [1.807, 2.05) is 5.32 Å². The molecule has 2 heterocycles. The Morgan fingerprint density at radius 1 is 1.43 bits per heavy atom. The molecule has 0 spiro atoms. The molecule has 1 fully saturated rings. The van der Waals surface area contributed by atoms with Crippen molar-refractivity contribution in [2.75, 3.05) is 12.3 Å². The summed E-state index contributed by atoms with van der Waals surface area (Å²) in [6, 6.07) is -3.61. The molecule has 15 nitrogen and oxygen atoms in total. The lowest BCUT2D eigenvalue weighted by atomic mass is 9.98. The van der Waals surface area contributed by atoms with E-state index in [-0.39, 0.29) is 15.1 Å². The van der Waals surface area contributed by atoms with Crippen LogP contribution in [-0.2, 0) is 34.3 Å². The number of nitrogens with zero attached hydrogens (tertiary/aromatic N) is 3. The zero-order valence-corrected chi connectivity index (χ0v) is 15.1. The van der Waals surface area contributed by atoms with E-state index in [1.165, 1.54) is 5.38 Å². The molecular formula is C11H12N6O9S2. The van der Waals surface area contributed by atoms with Crippen molar-refractivity contribution in [2.45, 2.75) is 12.1 Å². The van der Waals surface area contributed by atoms with Gasteiger partial charge in [0.05, 0.1) is 0 Å². The molecule has 1 aliphatic rings. The van der Waals surface area contributed by atoms with Gasteiger partial charge in [-0.25, -0.2) is 9.78 Å². The first kappa shape index (κ1) is 21.0. The largest absolute Gasteiger partial charge is 0.479 e. The fourth-order valence-electron chi connectivity index (χ4n) is 2.10. The Labute approximate surface area is 159 Å². The maximum Gasteiger partial charge on any atom is 0.363 e. The van der Waals surface area contributed by atoms with Crippen LogP contribution in [0.2, 0.25) is 0 Å². The summed E-state index contributed by atoms with van der Waals surface area (Å²) in [7, 11) is -5.09. The molecule has 0 unspecified atom stereocenters. The number of primary amides is 1. The molecule has 7 N–H and O–H groups in total. The Morgan fingerprint density at radius 2 is 2.07 bits per heavy atom. The molecular weight excluding hydrogens is 424 g/mol. The van der Waals surface area contributed by atoms with E-state index >= 15 is 0 Å². The van der Waals surface area contributed by atoms with Gasteiger partial charge < -0.3 is 26.7 Å². The summed E-state index contributed by atoms with van der Waals surface area (Å²) >= 11 is 0.911. The van der Waals surface area contributed by atoms with Gasteiger partial charge in [-0.2, -0.15) is 12.7 Å². The number of carbonyl (C=O) groups excluding carboxylic acids is 3. The van der Waals surface area contributed by atoms with Crippen LogP contribution in [-0.4, -0.2) is 75.5 Å². The molecule has 1 saturated heterocycles. The highest BCUT2D eigenvalue weighted by Crippen LogP contribution is 2.23. The van der Waals surface area contributed by atoms with Crippen molar-refractivity contribution in [1.82, 2.24) is 14.6 Å². The number of aromatic nitrogens is 1. The summed E-state index contributed by atoms with van der Waals surface area (Å²) in [5.74, 6) is -5.22. The van der Waals surface area contributed by atoms with Crippen LogP contribution < -0.4 is 16.8 Å². The summed E-state index contributed by atoms with van der Waals surface area (Å²) < 4.78 is 31.1. The molecule has 152 valence electrons. The van der Waals surface area contributed by atoms with E-state index in [1.54, 1.807) is 0 Å². The minimum absolute atomic E-state index is 0.0287. The number of rotatable bonds is 8. The van der Waals surface area contributed by atoms with Crippen molar-refractivity contribution in [3.8, 4) is 0 Å². The molecule has 2 atom stereocenters. The number of thiazole rings is 1. The van der Waals surface area contributed by atoms with E-state index in [0.717, 1.165) is 11.3 Å². The van der Waals surface area contributed by atoms with Crippen molar-refractivity contribution >= 4 is 56.2 Å². The average Bonchev–Trinajstić information content (AvgIpc) is 2.97. The van der Waals surface area contributed by atoms with Crippen molar-refractivity contribution in [3.05, 3.63) is 11.1 Å². The number of nitrogens with two attached hydrogens (primary N) is 2. The Hall–Kier alpha value is -3.31. The third-order valence-electron chi connectivity index (χ3n) is 3.20. The lowest BCUT2D eigenvalue weighted by Crippen LogP contribution is -2.75. The number of anilines is 1. The average molecular weight is 436 g/mol. The second-order valence-electron chi connectivity index (χ2n) is 5.09. The molecule has 0 bridgehead atoms. The molecule has 28 heavy (non-hydrogen) atoms. The van der Waals surface area contributed by atoms with Crippen molar-refractivity contribution in [3.63, 3.8) is 0 Å². The van der Waals surface area contributed by atoms with Crippen LogP contribution in [0.15, 0.2) is 10.5 Å². The summed E-state index contributed by atoms with van der Waals surface area (Å²) in [6.07, 6.45) is 0. The number of hydrogen-bond acceptors (Lipinski definition) is 11. The zero-order chi connectivity index (χ0) is 21.2. The number of amides is 3. The number of hydrogen-bond donors (Lipinski definition) is 5. The molecule has 0 saturated carbocycles. The van der Waals surface area contributed by atoms with Crippen LogP contribution in [0.25, 0.3) is 0 Å². The first-order chi connectivity index (χ1) is 12.9. The fourth-order valence-corrected chi connectivity index (χ4v) is 3.50. The van der Waals surface area contributed by atoms with Gasteiger partial charge in [0.2, 0.25) is 12.5 Å². The van der Waals surface area contributed by atoms with Crippen LogP contribution in [0.1, 0.15) is 5.69 Å². The number of carboxylic acids is 1. The van der Waals surface area contributed by atoms with E-state index in [9.17, 15) is 27.6 Å². The molecule has 1 aliphatic heterocycles. The lowest BCUT2D eigenvalue weighted by Gasteiger charge is -2.41. The Bertz CT molecular complexity index is 971. The predicted molar refractivity (Wildman–Crippen MR) is 90.0 cm³/mol. The monoisotopic (exact) mass is 436 g/mol. The highest BCUT2D eigenvalue weighted by Gasteiger charge is 2.57. The van der Waals surface area contributed by atoms with Crippen LogP contribution >= 0.6 is 11.3 Å². The summed E-state index contributed by atoms with van der Waals surface area (Å²) in [4.78, 5) is 54.5. The van der Waals surface area contributed by atoms with Gasteiger partial charge in [0, 0.05) is 5.38 Å². The van der Waals surface area contributed by atoms with Gasteiger partial charge in [0.25, 0.3) is 11.8 Å². The van der Waals surface area contributed by atoms with E-state index in [0.29, 0.717) is 0 Å². The Morgan fingerprint density at radius 3 is 2.54 bits per heavy atom. The zero-order valence-electron chi connectivity index (χ0n) is 13.5. The highest BCUT2D eigenvalue weighted by molar-refractivity contribution is 7.84. The first-order valence-corrected chi connectivity index (χ1v) is 9.25. The minimum atomic E-state index is -5.09. The number of nitrogen functional groups attached to an aromatic ring is 1. The van der Waals surface area contributed by atoms with Gasteiger partial charge in [-0.1, -0.05) is 5.16 Å². The molecule has 3 amide bonds. The van der Waals surface area contributed by atoms with E-state index in [4.69, 9.17) is 21.1 Å². The van der Waals surface area contributed by atoms with E-state index in [2.05, 4.69) is 15.0 Å². The van der Waals surface area contributed by atoms with E-state index < -0.39 is 58.4 Å². The standard InChI is InChI=1S/C11H12N6O9S2/c12-8(20)7-6(10(22)17(7)28(23,24)25)15-9(21)5(16-26-1-4(18)19)3-2-27-11(13)14-3/h2,6-7H,1H2,(H2,12,20)(H2,13,14)(H,15,21)(H,18,19)(H,23,24,25)/b16-5-/t6-,7-/m0/s1. The molecule has 0 radical (unpaired) electrons. The number of aliphatic carboxylic acids is 1. The van der Waals surface area contributed by atoms with Crippen LogP contribution in [0.5, 0.6) is 0 Å². The Balaban J connectivity index is 2.26. The SMILES string of the molecule is NC(=O)[C@@H]1[C@H](NC(=O)/C(=N\OCC(=O)O)c2csc(N)n2)C(=O)N1S(=O)(=O)O. The molecule has 17 heteroatoms. The number of carboxylic acid groups (broad SMARTS) is 1. The number of carbonyl (C=O) groups is 4. The lowest BCUT2D eigenvalue weighted by molar-refractivity contribution is -0.150. The van der Waals surface area contributed by atoms with Crippen molar-refractivity contribution in [1.29, 1.82) is 0 Å². The maximum atomic E-state index is 12.4. The van der Waals surface area contributed by atoms with Gasteiger partial charge in [0.1, 0.15) is 11.7 Å². The van der Waals surface area contributed by atoms with Crippen molar-refractivity contribution in [2.24, 2.45) is 10.9 Å². The summed E-state index contributed by atoms with van der Waals surface area (Å²) in [5, 5.41) is 15.2. The topological polar surface area (TPSA) is 245 Å². The normalized spacial score (nSPS) is 19.7. The minimum Gasteiger partial charge on any atom is -0.479 e. The van der Waals surface area contributed by atoms with Crippen LogP contribution in [0, 0.1) is 0 Å². The highest BCUT2D eigenvalue weighted by atomic mass is 32.2. The molecule has 0 aromatic carbocycles. The number of oxime groups is 1.